The molecule has 0 spiro atoms. The number of thiazole rings is 1. The number of hydrogen-bond acceptors (Lipinski definition) is 4. The minimum atomic E-state index is -0.325. The van der Waals surface area contributed by atoms with Crippen LogP contribution >= 0.6 is 11.3 Å². The summed E-state index contributed by atoms with van der Waals surface area (Å²) in [6.07, 6.45) is 3.99. The van der Waals surface area contributed by atoms with Crippen molar-refractivity contribution in [2.45, 2.75) is 6.92 Å². The highest BCUT2D eigenvalue weighted by molar-refractivity contribution is 7.12. The molecule has 1 aromatic heterocycles. The molecule has 0 N–H and O–H groups in total. The van der Waals surface area contributed by atoms with Crippen molar-refractivity contribution in [2.24, 2.45) is 0 Å². The van der Waals surface area contributed by atoms with Crippen LogP contribution < -0.4 is 0 Å². The lowest BCUT2D eigenvalue weighted by atomic mass is 10.1. The Labute approximate surface area is 145 Å². The van der Waals surface area contributed by atoms with E-state index in [0.717, 1.165) is 21.8 Å². The second-order valence-corrected chi connectivity index (χ2v) is 6.50. The highest BCUT2D eigenvalue weighted by Gasteiger charge is 2.08. The molecule has 0 saturated heterocycles. The van der Waals surface area contributed by atoms with Gasteiger partial charge in [-0.1, -0.05) is 48.5 Å². The lowest BCUT2D eigenvalue weighted by Gasteiger charge is -1.99. The van der Waals surface area contributed by atoms with Crippen LogP contribution in [0.4, 0.5) is 0 Å². The third kappa shape index (κ3) is 3.60. The number of carbonyl (C=O) groups excluding carboxylic acids is 1. The van der Waals surface area contributed by atoms with Crippen LogP contribution in [0.1, 0.15) is 25.8 Å². The maximum Gasteiger partial charge on any atom is 0.337 e. The van der Waals surface area contributed by atoms with E-state index in [9.17, 15) is 4.79 Å². The summed E-state index contributed by atoms with van der Waals surface area (Å²) >= 11 is 1.67. The van der Waals surface area contributed by atoms with Gasteiger partial charge in [0.05, 0.1) is 18.4 Å². The van der Waals surface area contributed by atoms with E-state index in [4.69, 9.17) is 9.72 Å². The fourth-order valence-corrected chi connectivity index (χ4v) is 3.21. The number of benzene rings is 2. The predicted molar refractivity (Wildman–Crippen MR) is 99.0 cm³/mol. The summed E-state index contributed by atoms with van der Waals surface area (Å²) in [5.74, 6) is -0.325. The van der Waals surface area contributed by atoms with Gasteiger partial charge in [0.15, 0.2) is 0 Å². The number of aryl methyl sites for hydroxylation is 1. The van der Waals surface area contributed by atoms with E-state index in [0.29, 0.717) is 5.56 Å². The maximum atomic E-state index is 11.4. The fourth-order valence-electron chi connectivity index (χ4n) is 2.37. The van der Waals surface area contributed by atoms with E-state index in [1.54, 1.807) is 23.5 Å². The Morgan fingerprint density at radius 1 is 1.04 bits per heavy atom. The minimum absolute atomic E-state index is 0.325. The second kappa shape index (κ2) is 7.23. The standard InChI is InChI=1S/C20H17NO2S/c1-14-19(16-6-4-3-5-7-16)21-18(24-14)13-10-15-8-11-17(12-9-15)20(22)23-2/h3-13H,1-2H3/b13-10+. The summed E-state index contributed by atoms with van der Waals surface area (Å²) in [4.78, 5) is 17.3. The lowest BCUT2D eigenvalue weighted by molar-refractivity contribution is 0.0600. The van der Waals surface area contributed by atoms with Crippen LogP contribution in [0.5, 0.6) is 0 Å². The Kier molecular flexibility index (Phi) is 4.87. The highest BCUT2D eigenvalue weighted by Crippen LogP contribution is 2.28. The molecular formula is C20H17NO2S. The number of aromatic nitrogens is 1. The first-order chi connectivity index (χ1) is 11.7. The van der Waals surface area contributed by atoms with Gasteiger partial charge in [0.2, 0.25) is 0 Å². The van der Waals surface area contributed by atoms with Crippen LogP contribution in [0, 0.1) is 6.92 Å². The van der Waals surface area contributed by atoms with Crippen LogP contribution in [0.2, 0.25) is 0 Å². The molecule has 3 rings (SSSR count). The molecule has 0 radical (unpaired) electrons. The number of ether oxygens (including phenoxy) is 1. The largest absolute Gasteiger partial charge is 0.465 e. The molecule has 3 nitrogen and oxygen atoms in total. The van der Waals surface area contributed by atoms with Gasteiger partial charge in [-0.3, -0.25) is 0 Å². The summed E-state index contributed by atoms with van der Waals surface area (Å²) in [6.45, 7) is 2.09. The molecule has 0 aliphatic carbocycles. The Morgan fingerprint density at radius 3 is 2.42 bits per heavy atom. The smallest absolute Gasteiger partial charge is 0.337 e. The second-order valence-electron chi connectivity index (χ2n) is 5.27. The van der Waals surface area contributed by atoms with E-state index in [1.165, 1.54) is 12.0 Å². The molecule has 24 heavy (non-hydrogen) atoms. The molecule has 0 unspecified atom stereocenters. The van der Waals surface area contributed by atoms with Crippen LogP contribution in [0.25, 0.3) is 23.4 Å². The number of rotatable bonds is 4. The van der Waals surface area contributed by atoms with E-state index >= 15 is 0 Å². The van der Waals surface area contributed by atoms with Crippen molar-refractivity contribution in [3.05, 3.63) is 75.6 Å². The maximum absolute atomic E-state index is 11.4. The summed E-state index contributed by atoms with van der Waals surface area (Å²) in [7, 11) is 1.38. The normalized spacial score (nSPS) is 10.9. The van der Waals surface area contributed by atoms with E-state index in [2.05, 4.69) is 19.1 Å². The summed E-state index contributed by atoms with van der Waals surface area (Å²) in [5.41, 5.74) is 3.72. The molecule has 0 saturated carbocycles. The third-order valence-corrected chi connectivity index (χ3v) is 4.55. The van der Waals surface area contributed by atoms with Crippen LogP contribution in [-0.4, -0.2) is 18.1 Å². The zero-order valence-corrected chi connectivity index (χ0v) is 14.3. The van der Waals surface area contributed by atoms with Crippen molar-refractivity contribution in [3.8, 4) is 11.3 Å². The van der Waals surface area contributed by atoms with Crippen molar-refractivity contribution in [1.82, 2.24) is 4.98 Å². The van der Waals surface area contributed by atoms with Gasteiger partial charge in [-0.05, 0) is 30.7 Å². The Bertz CT molecular complexity index is 864. The molecular weight excluding hydrogens is 318 g/mol. The topological polar surface area (TPSA) is 39.2 Å². The van der Waals surface area contributed by atoms with Crippen molar-refractivity contribution >= 4 is 29.5 Å². The molecule has 1 heterocycles. The first kappa shape index (κ1) is 16.1. The molecule has 0 atom stereocenters. The highest BCUT2D eigenvalue weighted by atomic mass is 32.1. The zero-order chi connectivity index (χ0) is 16.9. The van der Waals surface area contributed by atoms with Crippen molar-refractivity contribution in [1.29, 1.82) is 0 Å². The molecule has 120 valence electrons. The average Bonchev–Trinajstić information content (AvgIpc) is 3.01. The van der Waals surface area contributed by atoms with Crippen LogP contribution in [-0.2, 0) is 4.74 Å². The summed E-state index contributed by atoms with van der Waals surface area (Å²) in [5, 5.41) is 0.961. The van der Waals surface area contributed by atoms with Gasteiger partial charge in [-0.25, -0.2) is 9.78 Å². The van der Waals surface area contributed by atoms with Gasteiger partial charge in [-0.2, -0.15) is 0 Å². The molecule has 0 bridgehead atoms. The first-order valence-electron chi connectivity index (χ1n) is 7.56. The SMILES string of the molecule is COC(=O)c1ccc(/C=C/c2nc(-c3ccccc3)c(C)s2)cc1. The first-order valence-corrected chi connectivity index (χ1v) is 8.38. The van der Waals surface area contributed by atoms with Crippen LogP contribution in [0.15, 0.2) is 54.6 Å². The number of methoxy groups -OCH3 is 1. The molecule has 0 aliphatic rings. The molecule has 2 aromatic carbocycles. The fraction of sp³-hybridized carbons (Fsp3) is 0.100. The van der Waals surface area contributed by atoms with E-state index in [-0.39, 0.29) is 5.97 Å². The monoisotopic (exact) mass is 335 g/mol. The average molecular weight is 335 g/mol. The van der Waals surface area contributed by atoms with Gasteiger partial charge in [-0.15, -0.1) is 11.3 Å². The molecule has 0 aliphatic heterocycles. The van der Waals surface area contributed by atoms with E-state index < -0.39 is 0 Å². The van der Waals surface area contributed by atoms with Gasteiger partial charge in [0.1, 0.15) is 5.01 Å². The van der Waals surface area contributed by atoms with Crippen molar-refractivity contribution < 1.29 is 9.53 Å². The number of carbonyl (C=O) groups is 1. The molecule has 4 heteroatoms. The van der Waals surface area contributed by atoms with Gasteiger partial charge in [0.25, 0.3) is 0 Å². The number of hydrogen-bond donors (Lipinski definition) is 0. The molecule has 0 fully saturated rings. The number of nitrogens with zero attached hydrogens (tertiary/aromatic N) is 1. The van der Waals surface area contributed by atoms with E-state index in [1.807, 2.05) is 42.5 Å². The van der Waals surface area contributed by atoms with Gasteiger partial charge >= 0.3 is 5.97 Å². The Balaban J connectivity index is 1.79. The van der Waals surface area contributed by atoms with Crippen molar-refractivity contribution in [3.63, 3.8) is 0 Å². The number of esters is 1. The van der Waals surface area contributed by atoms with Gasteiger partial charge < -0.3 is 4.74 Å². The Hall–Kier alpha value is -2.72. The summed E-state index contributed by atoms with van der Waals surface area (Å²) < 4.78 is 4.70. The molecule has 0 amide bonds. The van der Waals surface area contributed by atoms with Gasteiger partial charge in [0, 0.05) is 10.4 Å². The quantitative estimate of drug-likeness (QED) is 0.624. The van der Waals surface area contributed by atoms with Crippen molar-refractivity contribution in [2.75, 3.05) is 7.11 Å². The third-order valence-electron chi connectivity index (χ3n) is 3.61. The Morgan fingerprint density at radius 2 is 1.75 bits per heavy atom. The summed E-state index contributed by atoms with van der Waals surface area (Å²) in [6, 6.07) is 17.5. The lowest BCUT2D eigenvalue weighted by Crippen LogP contribution is -2.00. The minimum Gasteiger partial charge on any atom is -0.465 e. The molecule has 3 aromatic rings. The zero-order valence-electron chi connectivity index (χ0n) is 13.5. The predicted octanol–water partition coefficient (Wildman–Crippen LogP) is 5.08. The van der Waals surface area contributed by atoms with Crippen LogP contribution in [0.3, 0.4) is 0 Å².